The highest BCUT2D eigenvalue weighted by molar-refractivity contribution is 7.92. The minimum absolute atomic E-state index is 0.00561. The van der Waals surface area contributed by atoms with E-state index in [-0.39, 0.29) is 32.7 Å². The summed E-state index contributed by atoms with van der Waals surface area (Å²) >= 11 is 6.00. The molecular weight excluding hydrogens is 532 g/mol. The summed E-state index contributed by atoms with van der Waals surface area (Å²) in [5, 5.41) is 13.8. The zero-order valence-electron chi connectivity index (χ0n) is 19.0. The molecule has 3 aromatic rings. The third-order valence-corrected chi connectivity index (χ3v) is 7.76. The van der Waals surface area contributed by atoms with Gasteiger partial charge in [0.2, 0.25) is 15.9 Å². The molecule has 190 valence electrons. The number of halogens is 1. The maximum atomic E-state index is 12.6. The first kappa shape index (κ1) is 26.9. The fourth-order valence-electron chi connectivity index (χ4n) is 3.16. The van der Waals surface area contributed by atoms with Crippen LogP contribution in [0.3, 0.4) is 0 Å². The molecule has 0 radical (unpaired) electrons. The summed E-state index contributed by atoms with van der Waals surface area (Å²) in [6.45, 7) is 0.903. The Morgan fingerprint density at radius 1 is 1.03 bits per heavy atom. The second kappa shape index (κ2) is 10.5. The van der Waals surface area contributed by atoms with Crippen molar-refractivity contribution >= 4 is 60.3 Å². The number of sulfonamides is 2. The van der Waals surface area contributed by atoms with Crippen molar-refractivity contribution in [3.05, 3.63) is 87.4 Å². The number of rotatable bonds is 9. The number of nitro benzene ring substituents is 1. The molecule has 0 saturated heterocycles. The molecule has 0 fully saturated rings. The van der Waals surface area contributed by atoms with Gasteiger partial charge in [-0.3, -0.25) is 23.9 Å². The van der Waals surface area contributed by atoms with Crippen LogP contribution in [0.25, 0.3) is 0 Å². The molecule has 11 nitrogen and oxygen atoms in total. The Labute approximate surface area is 213 Å². The van der Waals surface area contributed by atoms with Gasteiger partial charge in [0, 0.05) is 17.8 Å². The smallest absolute Gasteiger partial charge is 0.271 e. The molecule has 3 rings (SSSR count). The van der Waals surface area contributed by atoms with Crippen molar-refractivity contribution in [2.24, 2.45) is 0 Å². The maximum absolute atomic E-state index is 12.6. The Morgan fingerprint density at radius 3 is 2.25 bits per heavy atom. The Morgan fingerprint density at radius 2 is 1.67 bits per heavy atom. The van der Waals surface area contributed by atoms with Gasteiger partial charge in [0.1, 0.15) is 6.54 Å². The average Bonchev–Trinajstić information content (AvgIpc) is 2.79. The molecule has 36 heavy (non-hydrogen) atoms. The highest BCUT2D eigenvalue weighted by Gasteiger charge is 2.24. The number of nitrogens with one attached hydrogen (secondary N) is 2. The lowest BCUT2D eigenvalue weighted by Crippen LogP contribution is -2.37. The molecule has 0 atom stereocenters. The van der Waals surface area contributed by atoms with Gasteiger partial charge >= 0.3 is 0 Å². The Hall–Kier alpha value is -3.68. The van der Waals surface area contributed by atoms with Crippen molar-refractivity contribution in [2.45, 2.75) is 11.8 Å². The summed E-state index contributed by atoms with van der Waals surface area (Å²) in [6.07, 6.45) is 0.879. The number of non-ortho nitro benzene ring substituents is 1. The second-order valence-corrected chi connectivity index (χ2v) is 11.7. The molecule has 0 spiro atoms. The van der Waals surface area contributed by atoms with Gasteiger partial charge in [-0.15, -0.1) is 0 Å². The standard InChI is InChI=1S/C22H21ClN4O7S2/c1-15-7-10-17(27(29)30)13-21(15)26(35(2,31)32)14-22(28)24-16-8-11-18(12-9-16)36(33,34)25-20-6-4-3-5-19(20)23/h3-13,25H,14H2,1-2H3,(H,24,28). The number of nitrogens with zero attached hydrogens (tertiary/aromatic N) is 2. The maximum Gasteiger partial charge on any atom is 0.271 e. The highest BCUT2D eigenvalue weighted by atomic mass is 35.5. The van der Waals surface area contributed by atoms with Crippen LogP contribution in [0.1, 0.15) is 5.56 Å². The van der Waals surface area contributed by atoms with Crippen molar-refractivity contribution in [3.63, 3.8) is 0 Å². The van der Waals surface area contributed by atoms with Crippen LogP contribution in [-0.4, -0.2) is 40.5 Å². The Bertz CT molecular complexity index is 1530. The number of aryl methyl sites for hydroxylation is 1. The molecule has 0 aliphatic carbocycles. The van der Waals surface area contributed by atoms with Crippen LogP contribution in [0.5, 0.6) is 0 Å². The number of carbonyl (C=O) groups is 1. The minimum Gasteiger partial charge on any atom is -0.325 e. The summed E-state index contributed by atoms with van der Waals surface area (Å²) in [7, 11) is -7.94. The number of carbonyl (C=O) groups excluding carboxylic acids is 1. The quantitative estimate of drug-likeness (QED) is 0.302. The van der Waals surface area contributed by atoms with Gasteiger partial charge in [0.05, 0.1) is 32.5 Å². The van der Waals surface area contributed by atoms with Crippen LogP contribution >= 0.6 is 11.6 Å². The summed E-state index contributed by atoms with van der Waals surface area (Å²) in [6, 6.07) is 15.2. The number of benzene rings is 3. The number of anilines is 3. The van der Waals surface area contributed by atoms with Crippen LogP contribution in [0.2, 0.25) is 5.02 Å². The van der Waals surface area contributed by atoms with Crippen molar-refractivity contribution in [1.29, 1.82) is 0 Å². The van der Waals surface area contributed by atoms with E-state index in [1.807, 2.05) is 0 Å². The first-order chi connectivity index (χ1) is 16.8. The molecule has 0 aliphatic heterocycles. The average molecular weight is 553 g/mol. The molecule has 0 bridgehead atoms. The highest BCUT2D eigenvalue weighted by Crippen LogP contribution is 2.28. The molecule has 3 aromatic carbocycles. The van der Waals surface area contributed by atoms with Gasteiger partial charge in [-0.05, 0) is 48.9 Å². The summed E-state index contributed by atoms with van der Waals surface area (Å²) < 4.78 is 53.1. The number of para-hydroxylation sites is 1. The molecule has 0 aromatic heterocycles. The normalized spacial score (nSPS) is 11.5. The topological polar surface area (TPSA) is 156 Å². The van der Waals surface area contributed by atoms with E-state index in [9.17, 15) is 31.7 Å². The number of hydrogen-bond donors (Lipinski definition) is 2. The lowest BCUT2D eigenvalue weighted by Gasteiger charge is -2.23. The predicted octanol–water partition coefficient (Wildman–Crippen LogP) is 3.76. The number of amides is 1. The lowest BCUT2D eigenvalue weighted by molar-refractivity contribution is -0.384. The molecule has 0 saturated carbocycles. The van der Waals surface area contributed by atoms with Crippen molar-refractivity contribution in [2.75, 3.05) is 27.1 Å². The first-order valence-electron chi connectivity index (χ1n) is 10.2. The molecule has 14 heteroatoms. The van der Waals surface area contributed by atoms with E-state index in [2.05, 4.69) is 10.0 Å². The zero-order chi connectivity index (χ0) is 26.7. The fraction of sp³-hybridized carbons (Fsp3) is 0.136. The molecule has 0 heterocycles. The van der Waals surface area contributed by atoms with Crippen LogP contribution in [0.4, 0.5) is 22.7 Å². The second-order valence-electron chi connectivity index (χ2n) is 7.66. The molecule has 0 unspecified atom stereocenters. The minimum atomic E-state index is -3.98. The molecule has 2 N–H and O–H groups in total. The SMILES string of the molecule is Cc1ccc([N+](=O)[O-])cc1N(CC(=O)Nc1ccc(S(=O)(=O)Nc2ccccc2Cl)cc1)S(C)(=O)=O. The van der Waals surface area contributed by atoms with E-state index in [1.165, 1.54) is 48.5 Å². The molecule has 0 aliphatic rings. The monoisotopic (exact) mass is 552 g/mol. The van der Waals surface area contributed by atoms with E-state index >= 15 is 0 Å². The van der Waals surface area contributed by atoms with Gasteiger partial charge in [0.25, 0.3) is 15.7 Å². The van der Waals surface area contributed by atoms with E-state index in [0.717, 1.165) is 16.6 Å². The summed E-state index contributed by atoms with van der Waals surface area (Å²) in [5.74, 6) is -0.740. The zero-order valence-corrected chi connectivity index (χ0v) is 21.4. The number of hydrogen-bond acceptors (Lipinski definition) is 7. The first-order valence-corrected chi connectivity index (χ1v) is 13.9. The van der Waals surface area contributed by atoms with Crippen LogP contribution in [0, 0.1) is 17.0 Å². The van der Waals surface area contributed by atoms with E-state index in [1.54, 1.807) is 19.1 Å². The Kier molecular flexibility index (Phi) is 7.86. The van der Waals surface area contributed by atoms with Crippen LogP contribution in [0.15, 0.2) is 71.6 Å². The van der Waals surface area contributed by atoms with Crippen molar-refractivity contribution in [3.8, 4) is 0 Å². The van der Waals surface area contributed by atoms with E-state index in [4.69, 9.17) is 11.6 Å². The van der Waals surface area contributed by atoms with Crippen LogP contribution < -0.4 is 14.3 Å². The third kappa shape index (κ3) is 6.50. The van der Waals surface area contributed by atoms with E-state index < -0.39 is 37.4 Å². The lowest BCUT2D eigenvalue weighted by atomic mass is 10.2. The van der Waals surface area contributed by atoms with Crippen LogP contribution in [-0.2, 0) is 24.8 Å². The summed E-state index contributed by atoms with van der Waals surface area (Å²) in [4.78, 5) is 23.0. The van der Waals surface area contributed by atoms with Gasteiger partial charge in [-0.1, -0.05) is 29.8 Å². The molecular formula is C22H21ClN4O7S2. The predicted molar refractivity (Wildman–Crippen MR) is 137 cm³/mol. The van der Waals surface area contributed by atoms with Crippen molar-refractivity contribution in [1.82, 2.24) is 0 Å². The fourth-order valence-corrected chi connectivity index (χ4v) is 5.38. The third-order valence-electron chi connectivity index (χ3n) is 4.93. The van der Waals surface area contributed by atoms with Gasteiger partial charge < -0.3 is 5.32 Å². The van der Waals surface area contributed by atoms with Gasteiger partial charge in [-0.2, -0.15) is 0 Å². The van der Waals surface area contributed by atoms with Crippen molar-refractivity contribution < 1.29 is 26.6 Å². The Balaban J connectivity index is 1.77. The molecule has 1 amide bonds. The number of nitro groups is 1. The van der Waals surface area contributed by atoms with E-state index in [0.29, 0.717) is 5.56 Å². The van der Waals surface area contributed by atoms with Gasteiger partial charge in [-0.25, -0.2) is 16.8 Å². The largest absolute Gasteiger partial charge is 0.325 e. The summed E-state index contributed by atoms with van der Waals surface area (Å²) in [5.41, 5.74) is 0.495. The van der Waals surface area contributed by atoms with Gasteiger partial charge in [0.15, 0.2) is 0 Å².